The summed E-state index contributed by atoms with van der Waals surface area (Å²) in [6, 6.07) is 15.5. The van der Waals surface area contributed by atoms with Crippen LogP contribution in [0, 0.1) is 5.92 Å². The Bertz CT molecular complexity index is 874. The Morgan fingerprint density at radius 1 is 1.13 bits per heavy atom. The topological polar surface area (TPSA) is 42.4 Å². The van der Waals surface area contributed by atoms with Crippen molar-refractivity contribution in [2.45, 2.75) is 43.9 Å². The lowest BCUT2D eigenvalue weighted by atomic mass is 10.0. The van der Waals surface area contributed by atoms with Crippen LogP contribution >= 0.6 is 24.0 Å². The van der Waals surface area contributed by atoms with Crippen LogP contribution in [0.25, 0.3) is 10.2 Å². The van der Waals surface area contributed by atoms with Crippen molar-refractivity contribution < 1.29 is 9.53 Å². The van der Waals surface area contributed by atoms with Gasteiger partial charge in [0.2, 0.25) is 0 Å². The molecule has 0 aliphatic carbocycles. The first-order valence-electron chi connectivity index (χ1n) is 10.4. The third-order valence-corrected chi connectivity index (χ3v) is 6.11. The molecule has 0 amide bonds. The van der Waals surface area contributed by atoms with Gasteiger partial charge in [0, 0.05) is 19.8 Å². The second kappa shape index (κ2) is 12.6. The van der Waals surface area contributed by atoms with Gasteiger partial charge < -0.3 is 9.64 Å². The van der Waals surface area contributed by atoms with Gasteiger partial charge in [0.15, 0.2) is 0 Å². The van der Waals surface area contributed by atoms with Crippen molar-refractivity contribution in [1.82, 2.24) is 4.98 Å². The van der Waals surface area contributed by atoms with Crippen LogP contribution in [-0.4, -0.2) is 31.7 Å². The first-order chi connectivity index (χ1) is 14.4. The zero-order valence-corrected chi connectivity index (χ0v) is 20.0. The molecule has 3 aromatic rings. The average Bonchev–Trinajstić information content (AvgIpc) is 3.14. The Balaban J connectivity index is 0.000000263. The average molecular weight is 445 g/mol. The largest absolute Gasteiger partial charge is 0.462 e. The van der Waals surface area contributed by atoms with Crippen molar-refractivity contribution in [3.05, 3.63) is 54.1 Å². The molecule has 30 heavy (non-hydrogen) atoms. The van der Waals surface area contributed by atoms with E-state index in [1.54, 1.807) is 11.3 Å². The first kappa shape index (κ1) is 24.2. The Morgan fingerprint density at radius 2 is 1.83 bits per heavy atom. The number of thiazole rings is 1. The Hall–Kier alpha value is -2.05. The van der Waals surface area contributed by atoms with E-state index >= 15 is 0 Å². The number of benzene rings is 2. The van der Waals surface area contributed by atoms with Gasteiger partial charge in [-0.2, -0.15) is 0 Å². The quantitative estimate of drug-likeness (QED) is 0.310. The predicted octanol–water partition coefficient (Wildman–Crippen LogP) is 6.71. The fraction of sp³-hybridized carbons (Fsp3) is 0.417. The highest BCUT2D eigenvalue weighted by atomic mass is 32.2. The number of nitrogens with zero attached hydrogens (tertiary/aromatic N) is 2. The predicted molar refractivity (Wildman–Crippen MR) is 131 cm³/mol. The molecule has 0 aliphatic rings. The fourth-order valence-corrected chi connectivity index (χ4v) is 4.04. The van der Waals surface area contributed by atoms with Gasteiger partial charge in [0.1, 0.15) is 4.34 Å². The number of thiol groups is 1. The minimum Gasteiger partial charge on any atom is -0.462 e. The number of anilines is 1. The van der Waals surface area contributed by atoms with Crippen molar-refractivity contribution in [2.24, 2.45) is 5.92 Å². The van der Waals surface area contributed by atoms with Crippen LogP contribution in [0.4, 0.5) is 5.69 Å². The van der Waals surface area contributed by atoms with Gasteiger partial charge in [-0.15, -0.1) is 24.0 Å². The second-order valence-corrected chi connectivity index (χ2v) is 9.18. The van der Waals surface area contributed by atoms with Gasteiger partial charge in [-0.3, -0.25) is 0 Å². The lowest BCUT2D eigenvalue weighted by Crippen LogP contribution is -2.14. The van der Waals surface area contributed by atoms with Crippen molar-refractivity contribution in [3.8, 4) is 0 Å². The van der Waals surface area contributed by atoms with Gasteiger partial charge in [-0.05, 0) is 48.7 Å². The van der Waals surface area contributed by atoms with Crippen LogP contribution in [0.2, 0.25) is 0 Å². The van der Waals surface area contributed by atoms with E-state index in [0.29, 0.717) is 18.1 Å². The number of ether oxygens (including phenoxy) is 1. The molecule has 2 aromatic carbocycles. The number of unbranched alkanes of at least 4 members (excludes halogenated alkanes) is 1. The van der Waals surface area contributed by atoms with E-state index in [1.807, 2.05) is 67.5 Å². The van der Waals surface area contributed by atoms with Crippen molar-refractivity contribution in [3.63, 3.8) is 0 Å². The molecule has 4 nitrogen and oxygen atoms in total. The smallest absolute Gasteiger partial charge is 0.338 e. The van der Waals surface area contributed by atoms with Crippen LogP contribution < -0.4 is 4.90 Å². The van der Waals surface area contributed by atoms with Crippen molar-refractivity contribution in [2.75, 3.05) is 25.6 Å². The number of hydrogen-bond donors (Lipinski definition) is 1. The summed E-state index contributed by atoms with van der Waals surface area (Å²) in [7, 11) is 3.96. The number of para-hydroxylation sites is 1. The Labute approximate surface area is 189 Å². The SMILES string of the molecule is CCCCC(CC)COC(=O)c1ccc(N(C)C)cc1.Sc1nc2ccccc2s1. The molecule has 0 saturated heterocycles. The van der Waals surface area contributed by atoms with E-state index in [-0.39, 0.29) is 5.97 Å². The summed E-state index contributed by atoms with van der Waals surface area (Å²) in [4.78, 5) is 18.2. The summed E-state index contributed by atoms with van der Waals surface area (Å²) in [5.41, 5.74) is 2.74. The number of esters is 1. The molecular weight excluding hydrogens is 412 g/mol. The highest BCUT2D eigenvalue weighted by Gasteiger charge is 2.12. The molecule has 1 heterocycles. The molecule has 1 unspecified atom stereocenters. The van der Waals surface area contributed by atoms with Crippen LogP contribution in [0.3, 0.4) is 0 Å². The van der Waals surface area contributed by atoms with Crippen molar-refractivity contribution >= 4 is 45.8 Å². The monoisotopic (exact) mass is 444 g/mol. The highest BCUT2D eigenvalue weighted by Crippen LogP contribution is 2.23. The number of carbonyl (C=O) groups excluding carboxylic acids is 1. The van der Waals surface area contributed by atoms with Gasteiger partial charge >= 0.3 is 5.97 Å². The van der Waals surface area contributed by atoms with Crippen LogP contribution in [-0.2, 0) is 4.74 Å². The lowest BCUT2D eigenvalue weighted by Gasteiger charge is -2.15. The molecule has 1 atom stereocenters. The summed E-state index contributed by atoms with van der Waals surface area (Å²) in [6.45, 7) is 4.87. The molecule has 0 radical (unpaired) electrons. The molecule has 0 saturated carbocycles. The Morgan fingerprint density at radius 3 is 2.43 bits per heavy atom. The lowest BCUT2D eigenvalue weighted by molar-refractivity contribution is 0.0428. The zero-order valence-electron chi connectivity index (χ0n) is 18.3. The van der Waals surface area contributed by atoms with Crippen LogP contribution in [0.15, 0.2) is 52.9 Å². The van der Waals surface area contributed by atoms with E-state index in [2.05, 4.69) is 31.5 Å². The maximum Gasteiger partial charge on any atom is 0.338 e. The summed E-state index contributed by atoms with van der Waals surface area (Å²) < 4.78 is 7.46. The Kier molecular flexibility index (Phi) is 10.2. The highest BCUT2D eigenvalue weighted by molar-refractivity contribution is 7.82. The molecule has 162 valence electrons. The maximum atomic E-state index is 12.0. The maximum absolute atomic E-state index is 12.0. The number of hydrogen-bond acceptors (Lipinski definition) is 6. The molecule has 0 aliphatic heterocycles. The summed E-state index contributed by atoms with van der Waals surface area (Å²) in [5.74, 6) is 0.269. The van der Waals surface area contributed by atoms with E-state index in [4.69, 9.17) is 4.74 Å². The van der Waals surface area contributed by atoms with Crippen LogP contribution in [0.1, 0.15) is 49.9 Å². The molecule has 0 spiro atoms. The summed E-state index contributed by atoms with van der Waals surface area (Å²) >= 11 is 5.76. The normalized spacial score (nSPS) is 11.5. The molecule has 3 rings (SSSR count). The summed E-state index contributed by atoms with van der Waals surface area (Å²) in [5, 5.41) is 0. The van der Waals surface area contributed by atoms with E-state index in [9.17, 15) is 4.79 Å². The third-order valence-electron chi connectivity index (χ3n) is 4.90. The molecular formula is C24H32N2O2S2. The van der Waals surface area contributed by atoms with E-state index in [0.717, 1.165) is 28.4 Å². The van der Waals surface area contributed by atoms with Gasteiger partial charge in [-0.25, -0.2) is 9.78 Å². The van der Waals surface area contributed by atoms with Crippen molar-refractivity contribution in [1.29, 1.82) is 0 Å². The minimum absolute atomic E-state index is 0.217. The number of rotatable bonds is 8. The van der Waals surface area contributed by atoms with Gasteiger partial charge in [0.25, 0.3) is 0 Å². The van der Waals surface area contributed by atoms with Crippen LogP contribution in [0.5, 0.6) is 0 Å². The van der Waals surface area contributed by atoms with Gasteiger partial charge in [0.05, 0.1) is 22.4 Å². The van der Waals surface area contributed by atoms with E-state index in [1.165, 1.54) is 17.5 Å². The van der Waals surface area contributed by atoms with Gasteiger partial charge in [-0.1, -0.05) is 45.2 Å². The number of carbonyl (C=O) groups is 1. The molecule has 0 N–H and O–H groups in total. The molecule has 0 bridgehead atoms. The second-order valence-electron chi connectivity index (χ2n) is 7.42. The zero-order chi connectivity index (χ0) is 21.9. The molecule has 0 fully saturated rings. The number of fused-ring (bicyclic) bond motifs is 1. The first-order valence-corrected chi connectivity index (χ1v) is 11.7. The fourth-order valence-electron chi connectivity index (χ4n) is 2.93. The number of aromatic nitrogens is 1. The molecule has 6 heteroatoms. The molecule has 1 aromatic heterocycles. The summed E-state index contributed by atoms with van der Waals surface area (Å²) in [6.07, 6.45) is 4.59. The third kappa shape index (κ3) is 7.65. The minimum atomic E-state index is -0.217. The standard InChI is InChI=1S/C17H27NO2.C7H5NS2/c1-5-7-8-14(6-2)13-20-17(19)15-9-11-16(12-10-15)18(3)4;9-7-8-5-3-1-2-4-6(5)10-7/h9-12,14H,5-8,13H2,1-4H3;1-4H,(H,8,9). The van der Waals surface area contributed by atoms with E-state index < -0.39 is 0 Å².